The zero-order valence-corrected chi connectivity index (χ0v) is 31.1. The number of fused-ring (bicyclic) bond motifs is 2. The van der Waals surface area contributed by atoms with E-state index in [-0.39, 0.29) is 86.0 Å². The molecule has 53 heavy (non-hydrogen) atoms. The molecule has 0 bridgehead atoms. The van der Waals surface area contributed by atoms with Gasteiger partial charge in [-0.25, -0.2) is 0 Å². The van der Waals surface area contributed by atoms with E-state index in [0.717, 1.165) is 6.07 Å². The number of nitrogens with zero attached hydrogens (tertiary/aromatic N) is 4. The summed E-state index contributed by atoms with van der Waals surface area (Å²) < 4.78 is 59.7. The minimum Gasteiger partial charge on any atom is -0.479 e. The van der Waals surface area contributed by atoms with Crippen LogP contribution in [0.1, 0.15) is 15.9 Å². The summed E-state index contributed by atoms with van der Waals surface area (Å²) in [6, 6.07) is 20.9. The van der Waals surface area contributed by atoms with Gasteiger partial charge in [0.25, 0.3) is 15.7 Å². The van der Waals surface area contributed by atoms with Crippen LogP contribution in [-0.2, 0) is 35.9 Å². The largest absolute Gasteiger partial charge is 1.00 e. The fourth-order valence-corrected chi connectivity index (χ4v) is 7.06. The Morgan fingerprint density at radius 2 is 1.47 bits per heavy atom. The predicted octanol–water partition coefficient (Wildman–Crippen LogP) is -0.167. The molecular weight excluding hydrogens is 742 g/mol. The van der Waals surface area contributed by atoms with E-state index in [4.69, 9.17) is 11.8 Å². The van der Waals surface area contributed by atoms with Crippen molar-refractivity contribution in [2.24, 2.45) is 18.8 Å². The Bertz CT molecular complexity index is 2760. The monoisotopic (exact) mass is 765 g/mol. The number of carbonyl (C=O) groups excluding carboxylic acids is 1. The second-order valence-electron chi connectivity index (χ2n) is 11.1. The maximum Gasteiger partial charge on any atom is 1.00 e. The van der Waals surface area contributed by atoms with Gasteiger partial charge in [-0.05, 0) is 46.4 Å². The van der Waals surface area contributed by atoms with Gasteiger partial charge in [0.2, 0.25) is 11.9 Å². The molecule has 18 nitrogen and oxygen atoms in total. The average Bonchev–Trinajstić information content (AvgIpc) is 3.12. The van der Waals surface area contributed by atoms with Crippen molar-refractivity contribution in [2.75, 3.05) is 16.0 Å². The van der Waals surface area contributed by atoms with Crippen LogP contribution in [-0.4, -0.2) is 47.2 Å². The second-order valence-corrected chi connectivity index (χ2v) is 14.2. The Morgan fingerprint density at radius 1 is 0.774 bits per heavy atom. The fourth-order valence-electron chi connectivity index (χ4n) is 5.73. The third kappa shape index (κ3) is 6.97. The Kier molecular flexibility index (Phi) is 10.1. The molecule has 0 saturated carbocycles. The van der Waals surface area contributed by atoms with E-state index in [1.165, 1.54) is 41.0 Å². The Morgan fingerprint density at radius 3 is 2.19 bits per heavy atom. The van der Waals surface area contributed by atoms with Crippen molar-refractivity contribution in [3.8, 4) is 17.1 Å². The third-order valence-corrected chi connectivity index (χ3v) is 10.3. The summed E-state index contributed by atoms with van der Waals surface area (Å²) in [6.45, 7) is 0. The first-order valence-corrected chi connectivity index (χ1v) is 17.6. The van der Waals surface area contributed by atoms with Crippen LogP contribution in [0.5, 0.6) is 6.01 Å². The van der Waals surface area contributed by atoms with E-state index in [0.29, 0.717) is 27.6 Å². The Labute approximate surface area is 322 Å². The molecule has 6 aromatic rings. The first-order chi connectivity index (χ1) is 24.8. The van der Waals surface area contributed by atoms with Crippen LogP contribution in [0.2, 0.25) is 0 Å². The first kappa shape index (κ1) is 37.5. The number of nitrogens with two attached hydrogens (primary N) is 2. The zero-order valence-electron chi connectivity index (χ0n) is 27.5. The topological polar surface area (TPSA) is 273 Å². The quantitative estimate of drug-likeness (QED) is 0.0599. The number of aromatic nitrogens is 4. The van der Waals surface area contributed by atoms with Gasteiger partial charge in [-0.3, -0.25) is 9.59 Å². The van der Waals surface area contributed by atoms with Crippen molar-refractivity contribution in [3.63, 3.8) is 0 Å². The summed E-state index contributed by atoms with van der Waals surface area (Å²) in [4.78, 5) is 38.0. The van der Waals surface area contributed by atoms with Crippen molar-refractivity contribution in [2.45, 2.75) is 9.79 Å². The maximum absolute atomic E-state index is 14.0. The normalized spacial score (nSPS) is 12.2. The molecule has 0 unspecified atom stereocenters. The van der Waals surface area contributed by atoms with Crippen LogP contribution in [0.25, 0.3) is 22.0 Å². The van der Waals surface area contributed by atoms with E-state index in [9.17, 15) is 31.5 Å². The number of nitrogens with one attached hydrogen (secondary N) is 3. The predicted molar refractivity (Wildman–Crippen MR) is 186 cm³/mol. The number of hydrogen-bond donors (Lipinski definition) is 6. The third-order valence-electron chi connectivity index (χ3n) is 8.06. The summed E-state index contributed by atoms with van der Waals surface area (Å²) in [7, 11) is -7.19. The standard InChI is InChI=1S/C32H24N9O9S2.Na/c1-41-24-11-10-22(28-27(24)21(15-26(41)42)19-7-2-3-8-20(19)29(28)43)37-23-14-17(9-12-25(23)52(47,48)50-34)36-31-38-30(39-32(44)40-31)35-16-5-4-6-18(13-16)51(45,46)49-33;/h2-4,6-15,37H,33-34H2,1H3,(H3,35,36,38,39,40,44);/q-1;+1. The molecule has 21 heteroatoms. The van der Waals surface area contributed by atoms with Gasteiger partial charge in [-0.2, -0.15) is 64.3 Å². The molecular formula is C32H24N9NaO9S2. The number of benzene rings is 4. The van der Waals surface area contributed by atoms with Crippen molar-refractivity contribution < 1.29 is 64.9 Å². The van der Waals surface area contributed by atoms with Gasteiger partial charge >= 0.3 is 45.7 Å². The Hall–Kier alpha value is -5.29. The van der Waals surface area contributed by atoms with Crippen LogP contribution >= 0.6 is 0 Å². The van der Waals surface area contributed by atoms with Crippen LogP contribution in [0, 0.1) is 6.07 Å². The van der Waals surface area contributed by atoms with E-state index >= 15 is 0 Å². The molecule has 1 aliphatic carbocycles. The van der Waals surface area contributed by atoms with Gasteiger partial charge in [0.15, 0.2) is 5.78 Å². The van der Waals surface area contributed by atoms with E-state index in [1.807, 2.05) is 0 Å². The molecule has 264 valence electrons. The van der Waals surface area contributed by atoms with Crippen molar-refractivity contribution >= 4 is 71.6 Å². The second kappa shape index (κ2) is 14.3. The van der Waals surface area contributed by atoms with Gasteiger partial charge in [-0.1, -0.05) is 30.0 Å². The van der Waals surface area contributed by atoms with Gasteiger partial charge in [0.05, 0.1) is 22.5 Å². The average molecular weight is 766 g/mol. The molecule has 1 aliphatic rings. The summed E-state index contributed by atoms with van der Waals surface area (Å²) in [5.74, 6) is 9.18. The number of rotatable bonds is 10. The minimum absolute atomic E-state index is 0. The summed E-state index contributed by atoms with van der Waals surface area (Å²) in [5, 5.41) is 19.3. The van der Waals surface area contributed by atoms with Crippen molar-refractivity contribution in [1.82, 2.24) is 19.5 Å². The SMILES string of the molecule is Cn1c(=O)cc2c3c(c(Nc4cc(Nc5nc(O)nc(Nc6[c-]ccc(S(=O)(=O)ON)c6)n5)ccc4S(=O)(=O)ON)ccc31)C(=O)c1ccccc1-2.[Na+]. The smallest absolute Gasteiger partial charge is 0.479 e. The molecule has 2 heterocycles. The molecule has 0 fully saturated rings. The van der Waals surface area contributed by atoms with Crippen molar-refractivity contribution in [3.05, 3.63) is 106 Å². The number of hydrogen-bond acceptors (Lipinski definition) is 17. The first-order valence-electron chi connectivity index (χ1n) is 14.8. The summed E-state index contributed by atoms with van der Waals surface area (Å²) in [6.07, 6.45) is 0. The molecule has 4 aromatic carbocycles. The van der Waals surface area contributed by atoms with E-state index in [2.05, 4.69) is 45.5 Å². The Balaban J connectivity index is 0.00000481. The summed E-state index contributed by atoms with van der Waals surface area (Å²) >= 11 is 0. The molecule has 0 saturated heterocycles. The number of aryl methyl sites for hydroxylation is 1. The molecule has 0 aliphatic heterocycles. The van der Waals surface area contributed by atoms with E-state index < -0.39 is 31.1 Å². The van der Waals surface area contributed by atoms with Gasteiger partial charge < -0.3 is 25.6 Å². The number of pyridine rings is 1. The van der Waals surface area contributed by atoms with Gasteiger partial charge in [-0.15, -0.1) is 12.1 Å². The van der Waals surface area contributed by atoms with Crippen LogP contribution < -0.4 is 62.9 Å². The maximum atomic E-state index is 14.0. The van der Waals surface area contributed by atoms with Gasteiger partial charge in [0.1, 0.15) is 4.90 Å². The molecule has 0 atom stereocenters. The number of carbonyl (C=O) groups is 1. The van der Waals surface area contributed by atoms with Gasteiger partial charge in [0, 0.05) is 29.8 Å². The van der Waals surface area contributed by atoms with Crippen molar-refractivity contribution in [1.29, 1.82) is 0 Å². The fraction of sp³-hybridized carbons (Fsp3) is 0.0312. The number of aromatic hydroxyl groups is 1. The van der Waals surface area contributed by atoms with Crippen LogP contribution in [0.4, 0.5) is 34.6 Å². The molecule has 0 radical (unpaired) electrons. The molecule has 7 rings (SSSR count). The minimum atomic E-state index is -4.53. The van der Waals surface area contributed by atoms with Crippen LogP contribution in [0.3, 0.4) is 0 Å². The van der Waals surface area contributed by atoms with Crippen LogP contribution in [0.15, 0.2) is 93.4 Å². The van der Waals surface area contributed by atoms with E-state index in [1.54, 1.807) is 43.4 Å². The molecule has 0 spiro atoms. The number of anilines is 6. The molecule has 2 aromatic heterocycles. The summed E-state index contributed by atoms with van der Waals surface area (Å²) in [5.41, 5.74) is 2.25. The molecule has 0 amide bonds. The number of ketones is 1. The molecule has 8 N–H and O–H groups in total. The zero-order chi connectivity index (χ0) is 36.9.